The van der Waals surface area contributed by atoms with E-state index in [2.05, 4.69) is 10.5 Å². The molecule has 1 rings (SSSR count). The second kappa shape index (κ2) is 6.74. The van der Waals surface area contributed by atoms with Crippen LogP contribution in [-0.4, -0.2) is 21.8 Å². The highest BCUT2D eigenvalue weighted by Gasteiger charge is 2.20. The quantitative estimate of drug-likeness (QED) is 0.489. The molecule has 0 bridgehead atoms. The van der Waals surface area contributed by atoms with Gasteiger partial charge in [0.1, 0.15) is 11.5 Å². The molecule has 9 nitrogen and oxygen atoms in total. The van der Waals surface area contributed by atoms with Gasteiger partial charge in [0.15, 0.2) is 0 Å². The number of nitrogens with one attached hydrogen (secondary N) is 1. The number of hydrogen-bond acceptors (Lipinski definition) is 7. The maximum Gasteiger partial charge on any atom is 0.301 e. The Labute approximate surface area is 126 Å². The van der Waals surface area contributed by atoms with Crippen molar-refractivity contribution in [1.82, 2.24) is 0 Å². The third-order valence-corrected chi connectivity index (χ3v) is 2.78. The first-order chi connectivity index (χ1) is 10.1. The van der Waals surface area contributed by atoms with Gasteiger partial charge < -0.3 is 0 Å². The molecule has 0 fully saturated rings. The number of nitro benzene ring substituents is 2. The summed E-state index contributed by atoms with van der Waals surface area (Å²) in [5.74, 6) is -0.0313. The number of benzene rings is 1. The minimum atomic E-state index is -0.745. The van der Waals surface area contributed by atoms with Gasteiger partial charge >= 0.3 is 5.69 Å². The Morgan fingerprint density at radius 1 is 1.27 bits per heavy atom. The highest BCUT2D eigenvalue weighted by molar-refractivity contribution is 5.94. The van der Waals surface area contributed by atoms with Crippen LogP contribution in [0, 0.1) is 25.6 Å². The maximum atomic E-state index is 11.7. The van der Waals surface area contributed by atoms with Crippen LogP contribution in [0.3, 0.4) is 0 Å². The van der Waals surface area contributed by atoms with Crippen LogP contribution >= 0.6 is 0 Å². The number of hydrazone groups is 1. The number of anilines is 1. The first-order valence-corrected chi connectivity index (χ1v) is 6.36. The van der Waals surface area contributed by atoms with Crippen molar-refractivity contribution in [3.8, 4) is 0 Å². The lowest BCUT2D eigenvalue weighted by molar-refractivity contribution is -0.393. The van der Waals surface area contributed by atoms with Crippen LogP contribution in [0.15, 0.2) is 23.3 Å². The summed E-state index contributed by atoms with van der Waals surface area (Å²) in [7, 11) is 0. The molecule has 1 aromatic rings. The van der Waals surface area contributed by atoms with Crippen molar-refractivity contribution in [2.75, 3.05) is 5.43 Å². The van der Waals surface area contributed by atoms with E-state index >= 15 is 0 Å². The van der Waals surface area contributed by atoms with Gasteiger partial charge in [-0.1, -0.05) is 20.8 Å². The number of rotatable bonds is 6. The first kappa shape index (κ1) is 17.2. The second-order valence-corrected chi connectivity index (χ2v) is 5.52. The van der Waals surface area contributed by atoms with Crippen LogP contribution in [0.2, 0.25) is 0 Å². The number of non-ortho nitro benzene ring substituents is 1. The van der Waals surface area contributed by atoms with E-state index in [0.29, 0.717) is 0 Å². The van der Waals surface area contributed by atoms with Crippen LogP contribution in [0.4, 0.5) is 17.1 Å². The summed E-state index contributed by atoms with van der Waals surface area (Å²) >= 11 is 0. The summed E-state index contributed by atoms with van der Waals surface area (Å²) in [4.78, 5) is 31.7. The summed E-state index contributed by atoms with van der Waals surface area (Å²) in [5, 5.41) is 25.3. The van der Waals surface area contributed by atoms with E-state index in [1.165, 1.54) is 12.3 Å². The summed E-state index contributed by atoms with van der Waals surface area (Å²) in [6.45, 7) is 5.33. The van der Waals surface area contributed by atoms with E-state index in [0.717, 1.165) is 12.1 Å². The van der Waals surface area contributed by atoms with E-state index in [4.69, 9.17) is 0 Å². The summed E-state index contributed by atoms with van der Waals surface area (Å²) in [6, 6.07) is 3.17. The minimum absolute atomic E-state index is 0.00931. The Balaban J connectivity index is 2.84. The smallest absolute Gasteiger partial charge is 0.299 e. The van der Waals surface area contributed by atoms with Crippen molar-refractivity contribution in [1.29, 1.82) is 0 Å². The number of carbonyl (C=O) groups is 1. The van der Waals surface area contributed by atoms with E-state index in [1.54, 1.807) is 20.8 Å². The largest absolute Gasteiger partial charge is 0.301 e. The van der Waals surface area contributed by atoms with Crippen molar-refractivity contribution in [3.63, 3.8) is 0 Å². The molecule has 0 radical (unpaired) electrons. The first-order valence-electron chi connectivity index (χ1n) is 6.36. The van der Waals surface area contributed by atoms with Crippen molar-refractivity contribution in [2.24, 2.45) is 10.5 Å². The molecule has 1 N–H and O–H groups in total. The molecule has 0 saturated carbocycles. The van der Waals surface area contributed by atoms with Gasteiger partial charge in [-0.05, 0) is 6.07 Å². The highest BCUT2D eigenvalue weighted by atomic mass is 16.6. The van der Waals surface area contributed by atoms with Crippen LogP contribution in [-0.2, 0) is 4.79 Å². The molecule has 0 amide bonds. The van der Waals surface area contributed by atoms with Crippen molar-refractivity contribution >= 4 is 29.1 Å². The lowest BCUT2D eigenvalue weighted by Crippen LogP contribution is -2.20. The zero-order chi connectivity index (χ0) is 16.9. The number of Topliss-reactive ketones (excluding diaryl/α,β-unsaturated/α-hetero) is 1. The zero-order valence-electron chi connectivity index (χ0n) is 12.4. The molecule has 0 aromatic heterocycles. The molecule has 9 heteroatoms. The number of nitro groups is 2. The monoisotopic (exact) mass is 308 g/mol. The second-order valence-electron chi connectivity index (χ2n) is 5.52. The van der Waals surface area contributed by atoms with Gasteiger partial charge in [-0.15, -0.1) is 0 Å². The third-order valence-electron chi connectivity index (χ3n) is 2.78. The van der Waals surface area contributed by atoms with E-state index in [-0.39, 0.29) is 23.6 Å². The van der Waals surface area contributed by atoms with Gasteiger partial charge in [0.25, 0.3) is 5.69 Å². The molecular formula is C13H16N4O5. The van der Waals surface area contributed by atoms with Crippen molar-refractivity contribution in [3.05, 3.63) is 38.4 Å². The normalized spacial score (nSPS) is 11.4. The maximum absolute atomic E-state index is 11.7. The number of carbonyl (C=O) groups excluding carboxylic acids is 1. The molecule has 0 aliphatic heterocycles. The molecule has 0 heterocycles. The topological polar surface area (TPSA) is 128 Å². The molecule has 22 heavy (non-hydrogen) atoms. The Bertz CT molecular complexity index is 634. The summed E-state index contributed by atoms with van der Waals surface area (Å²) < 4.78 is 0. The number of nitrogens with zero attached hydrogens (tertiary/aromatic N) is 3. The fourth-order valence-corrected chi connectivity index (χ4v) is 1.43. The van der Waals surface area contributed by atoms with Crippen molar-refractivity contribution < 1.29 is 14.6 Å². The lowest BCUT2D eigenvalue weighted by Gasteiger charge is -2.14. The summed E-state index contributed by atoms with van der Waals surface area (Å²) in [6.07, 6.45) is 1.38. The van der Waals surface area contributed by atoms with Crippen LogP contribution in [0.1, 0.15) is 27.2 Å². The number of hydrogen-bond donors (Lipinski definition) is 1. The van der Waals surface area contributed by atoms with E-state index in [1.807, 2.05) is 0 Å². The van der Waals surface area contributed by atoms with E-state index < -0.39 is 20.9 Å². The summed E-state index contributed by atoms with van der Waals surface area (Å²) in [5.41, 5.74) is 1.09. The average molecular weight is 308 g/mol. The molecule has 1 aromatic carbocycles. The average Bonchev–Trinajstić information content (AvgIpc) is 2.41. The Morgan fingerprint density at radius 2 is 1.91 bits per heavy atom. The zero-order valence-corrected chi connectivity index (χ0v) is 12.4. The third kappa shape index (κ3) is 4.62. The highest BCUT2D eigenvalue weighted by Crippen LogP contribution is 2.28. The lowest BCUT2D eigenvalue weighted by atomic mass is 9.89. The molecular weight excluding hydrogens is 292 g/mol. The standard InChI is InChI=1S/C13H16N4O5/c1-13(2,3)12(18)6-7-14-15-10-5-4-9(16(19)20)8-11(10)17(21)22/h4-5,7-8,15H,6H2,1-3H3. The fourth-order valence-electron chi connectivity index (χ4n) is 1.43. The molecule has 0 aliphatic carbocycles. The predicted octanol–water partition coefficient (Wildman–Crippen LogP) is 2.91. The Kier molecular flexibility index (Phi) is 5.28. The predicted molar refractivity (Wildman–Crippen MR) is 80.9 cm³/mol. The molecule has 0 aliphatic rings. The Morgan fingerprint density at radius 3 is 2.41 bits per heavy atom. The van der Waals surface area contributed by atoms with Gasteiger partial charge in [0.05, 0.1) is 15.9 Å². The van der Waals surface area contributed by atoms with Gasteiger partial charge in [0, 0.05) is 24.1 Å². The molecule has 0 unspecified atom stereocenters. The SMILES string of the molecule is CC(C)(C)C(=O)CC=NNc1ccc([N+](=O)[O-])cc1[N+](=O)[O-]. The van der Waals surface area contributed by atoms with Crippen LogP contribution < -0.4 is 5.43 Å². The Hall–Kier alpha value is -2.84. The van der Waals surface area contributed by atoms with Gasteiger partial charge in [-0.3, -0.25) is 30.4 Å². The minimum Gasteiger partial charge on any atom is -0.299 e. The molecule has 0 atom stereocenters. The van der Waals surface area contributed by atoms with E-state index in [9.17, 15) is 25.0 Å². The van der Waals surface area contributed by atoms with Crippen molar-refractivity contribution in [2.45, 2.75) is 27.2 Å². The number of ketones is 1. The fraction of sp³-hybridized carbons (Fsp3) is 0.385. The van der Waals surface area contributed by atoms with Gasteiger partial charge in [-0.2, -0.15) is 5.10 Å². The molecule has 118 valence electrons. The van der Waals surface area contributed by atoms with Crippen LogP contribution in [0.5, 0.6) is 0 Å². The van der Waals surface area contributed by atoms with Gasteiger partial charge in [-0.25, -0.2) is 0 Å². The van der Waals surface area contributed by atoms with Gasteiger partial charge in [0.2, 0.25) is 0 Å². The molecule has 0 saturated heterocycles. The van der Waals surface area contributed by atoms with Crippen LogP contribution in [0.25, 0.3) is 0 Å². The molecule has 0 spiro atoms.